The molecule has 3 aliphatic heterocycles. The average molecular weight is 389 g/mol. The summed E-state index contributed by atoms with van der Waals surface area (Å²) < 4.78 is 17.1. The van der Waals surface area contributed by atoms with Gasteiger partial charge in [-0.1, -0.05) is 0 Å². The van der Waals surface area contributed by atoms with E-state index in [4.69, 9.17) is 13.9 Å². The summed E-state index contributed by atoms with van der Waals surface area (Å²) in [7, 11) is 0. The number of rotatable bonds is 3. The minimum atomic E-state index is -0.290. The van der Waals surface area contributed by atoms with Crippen molar-refractivity contribution in [3.8, 4) is 0 Å². The van der Waals surface area contributed by atoms with Gasteiger partial charge >= 0.3 is 0 Å². The Morgan fingerprint density at radius 2 is 2.22 bits per heavy atom. The van der Waals surface area contributed by atoms with E-state index < -0.39 is 0 Å². The lowest BCUT2D eigenvalue weighted by Crippen LogP contribution is -2.46. The third-order valence-electron chi connectivity index (χ3n) is 5.76. The summed E-state index contributed by atoms with van der Waals surface area (Å²) >= 11 is 1.62. The molecule has 1 unspecified atom stereocenters. The van der Waals surface area contributed by atoms with Gasteiger partial charge in [-0.3, -0.25) is 4.79 Å². The van der Waals surface area contributed by atoms with Crippen LogP contribution in [-0.4, -0.2) is 49.8 Å². The van der Waals surface area contributed by atoms with E-state index in [2.05, 4.69) is 21.3 Å². The minimum Gasteiger partial charge on any atom is -0.432 e. The predicted molar refractivity (Wildman–Crippen MR) is 100 cm³/mol. The molecule has 0 saturated carbocycles. The highest BCUT2D eigenvalue weighted by molar-refractivity contribution is 7.14. The van der Waals surface area contributed by atoms with Gasteiger partial charge < -0.3 is 24.1 Å². The molecule has 2 saturated heterocycles. The molecule has 0 aliphatic carbocycles. The van der Waals surface area contributed by atoms with Crippen LogP contribution < -0.4 is 10.2 Å². The van der Waals surface area contributed by atoms with E-state index >= 15 is 0 Å². The molecule has 0 radical (unpaired) electrons. The minimum absolute atomic E-state index is 0.0114. The van der Waals surface area contributed by atoms with E-state index in [1.807, 2.05) is 0 Å². The van der Waals surface area contributed by atoms with Crippen molar-refractivity contribution in [2.75, 3.05) is 37.8 Å². The van der Waals surface area contributed by atoms with Gasteiger partial charge in [0.2, 0.25) is 0 Å². The lowest BCUT2D eigenvalue weighted by Gasteiger charge is -2.43. The molecule has 144 valence electrons. The molecule has 3 aliphatic rings. The molecule has 8 heteroatoms. The fourth-order valence-electron chi connectivity index (χ4n) is 4.28. The van der Waals surface area contributed by atoms with E-state index in [9.17, 15) is 4.79 Å². The van der Waals surface area contributed by atoms with Gasteiger partial charge in [-0.2, -0.15) is 0 Å². The molecule has 1 amide bonds. The smallest absolute Gasteiger partial charge is 0.297 e. The lowest BCUT2D eigenvalue weighted by atomic mass is 9.82. The number of hydrogen-bond acceptors (Lipinski definition) is 7. The highest BCUT2D eigenvalue weighted by Crippen LogP contribution is 2.45. The second-order valence-electron chi connectivity index (χ2n) is 7.38. The molecule has 2 aromatic heterocycles. The molecule has 0 bridgehead atoms. The van der Waals surface area contributed by atoms with Crippen molar-refractivity contribution in [1.29, 1.82) is 0 Å². The van der Waals surface area contributed by atoms with E-state index in [0.717, 1.165) is 50.3 Å². The zero-order chi connectivity index (χ0) is 18.3. The highest BCUT2D eigenvalue weighted by Gasteiger charge is 2.43. The Morgan fingerprint density at radius 3 is 2.96 bits per heavy atom. The van der Waals surface area contributed by atoms with Crippen molar-refractivity contribution in [2.45, 2.75) is 37.3 Å². The first kappa shape index (κ1) is 17.2. The standard InChI is InChI=1S/C19H23N3O4S/c23-17(21-13-1-8-24-12-13)16-11-14-15(27-16)2-9-26-19(14)3-6-22(7-4-19)18-20-5-10-25-18/h5,10-11,13H,1-4,6-9,12H2,(H,21,23). The second kappa shape index (κ2) is 6.92. The van der Waals surface area contributed by atoms with Crippen LogP contribution in [0.25, 0.3) is 0 Å². The Kier molecular flexibility index (Phi) is 4.41. The topological polar surface area (TPSA) is 76.8 Å². The molecule has 2 fully saturated rings. The maximum Gasteiger partial charge on any atom is 0.297 e. The number of hydrogen-bond donors (Lipinski definition) is 1. The molecule has 5 heterocycles. The van der Waals surface area contributed by atoms with Crippen LogP contribution in [0.5, 0.6) is 0 Å². The molecule has 0 aromatic carbocycles. The average Bonchev–Trinajstić information content (AvgIpc) is 3.44. The quantitative estimate of drug-likeness (QED) is 0.868. The Labute approximate surface area is 161 Å². The zero-order valence-electron chi connectivity index (χ0n) is 15.1. The number of thiophene rings is 1. The van der Waals surface area contributed by atoms with Crippen LogP contribution in [0.15, 0.2) is 22.9 Å². The number of fused-ring (bicyclic) bond motifs is 2. The predicted octanol–water partition coefficient (Wildman–Crippen LogP) is 2.32. The van der Waals surface area contributed by atoms with Crippen molar-refractivity contribution in [2.24, 2.45) is 0 Å². The summed E-state index contributed by atoms with van der Waals surface area (Å²) in [6.07, 6.45) is 6.79. The monoisotopic (exact) mass is 389 g/mol. The van der Waals surface area contributed by atoms with Gasteiger partial charge in [-0.05, 0) is 30.9 Å². The van der Waals surface area contributed by atoms with Crippen molar-refractivity contribution >= 4 is 23.3 Å². The van der Waals surface area contributed by atoms with Crippen LogP contribution in [0.4, 0.5) is 6.01 Å². The zero-order valence-corrected chi connectivity index (χ0v) is 15.9. The number of oxazole rings is 1. The number of aromatic nitrogens is 1. The van der Waals surface area contributed by atoms with Crippen LogP contribution in [-0.2, 0) is 21.5 Å². The molecule has 1 atom stereocenters. The molecule has 7 nitrogen and oxygen atoms in total. The first-order chi connectivity index (χ1) is 13.2. The van der Waals surface area contributed by atoms with Crippen molar-refractivity contribution < 1.29 is 18.7 Å². The molecular weight excluding hydrogens is 366 g/mol. The van der Waals surface area contributed by atoms with Crippen molar-refractivity contribution in [3.63, 3.8) is 0 Å². The number of carbonyl (C=O) groups excluding carboxylic acids is 1. The first-order valence-electron chi connectivity index (χ1n) is 9.54. The van der Waals surface area contributed by atoms with Gasteiger partial charge in [-0.15, -0.1) is 11.3 Å². The summed E-state index contributed by atoms with van der Waals surface area (Å²) in [5, 5.41) is 3.10. The van der Waals surface area contributed by atoms with Gasteiger partial charge in [-0.25, -0.2) is 4.98 Å². The summed E-state index contributed by atoms with van der Waals surface area (Å²) in [6, 6.07) is 2.86. The van der Waals surface area contributed by atoms with Crippen molar-refractivity contribution in [1.82, 2.24) is 10.3 Å². The summed E-state index contributed by atoms with van der Waals surface area (Å²) in [6.45, 7) is 3.71. The van der Waals surface area contributed by atoms with Crippen molar-refractivity contribution in [3.05, 3.63) is 33.8 Å². The molecule has 5 rings (SSSR count). The van der Waals surface area contributed by atoms with Gasteiger partial charge in [0.1, 0.15) is 6.26 Å². The van der Waals surface area contributed by atoms with Crippen LogP contribution in [0.3, 0.4) is 0 Å². The maximum atomic E-state index is 12.7. The van der Waals surface area contributed by atoms with E-state index in [1.54, 1.807) is 23.8 Å². The largest absolute Gasteiger partial charge is 0.432 e. The fraction of sp³-hybridized carbons (Fsp3) is 0.579. The van der Waals surface area contributed by atoms with E-state index in [1.165, 1.54) is 10.4 Å². The van der Waals surface area contributed by atoms with Gasteiger partial charge in [0.05, 0.1) is 35.9 Å². The number of ether oxygens (including phenoxy) is 2. The number of nitrogens with zero attached hydrogens (tertiary/aromatic N) is 2. The Hall–Kier alpha value is -1.90. The number of anilines is 1. The Balaban J connectivity index is 1.34. The molecule has 1 N–H and O–H groups in total. The lowest BCUT2D eigenvalue weighted by molar-refractivity contribution is -0.0760. The number of amides is 1. The Bertz CT molecular complexity index is 805. The highest BCUT2D eigenvalue weighted by atomic mass is 32.1. The van der Waals surface area contributed by atoms with Crippen LogP contribution in [0.1, 0.15) is 39.4 Å². The maximum absolute atomic E-state index is 12.7. The number of carbonyl (C=O) groups is 1. The van der Waals surface area contributed by atoms with E-state index in [-0.39, 0.29) is 17.6 Å². The number of piperidine rings is 1. The Morgan fingerprint density at radius 1 is 1.33 bits per heavy atom. The molecule has 1 spiro atoms. The fourth-order valence-corrected chi connectivity index (χ4v) is 5.41. The molecular formula is C19H23N3O4S. The van der Waals surface area contributed by atoms with Gasteiger partial charge in [0.25, 0.3) is 11.9 Å². The normalized spacial score (nSPS) is 24.1. The van der Waals surface area contributed by atoms with Crippen LogP contribution in [0.2, 0.25) is 0 Å². The third-order valence-corrected chi connectivity index (χ3v) is 6.95. The van der Waals surface area contributed by atoms with Crippen LogP contribution in [0, 0.1) is 0 Å². The van der Waals surface area contributed by atoms with Gasteiger partial charge in [0.15, 0.2) is 0 Å². The first-order valence-corrected chi connectivity index (χ1v) is 10.4. The summed E-state index contributed by atoms with van der Waals surface area (Å²) in [5.41, 5.74) is 0.918. The van der Waals surface area contributed by atoms with Gasteiger partial charge in [0, 0.05) is 31.0 Å². The molecule has 27 heavy (non-hydrogen) atoms. The van der Waals surface area contributed by atoms with Crippen LogP contribution >= 0.6 is 11.3 Å². The SMILES string of the molecule is O=C(NC1CCOC1)c1cc2c(s1)CCOC21CCN(c2ncco2)CC1. The number of nitrogens with one attached hydrogen (secondary N) is 1. The summed E-state index contributed by atoms with van der Waals surface area (Å²) in [5.74, 6) is 0.0114. The third kappa shape index (κ3) is 3.15. The summed E-state index contributed by atoms with van der Waals surface area (Å²) in [4.78, 5) is 21.2. The second-order valence-corrected chi connectivity index (χ2v) is 8.51. The molecule has 2 aromatic rings. The van der Waals surface area contributed by atoms with E-state index in [0.29, 0.717) is 19.2 Å².